The number of aliphatic hydroxyl groups is 3. The van der Waals surface area contributed by atoms with Crippen LogP contribution >= 0.6 is 0 Å². The van der Waals surface area contributed by atoms with Gasteiger partial charge in [0.1, 0.15) is 60.7 Å². The van der Waals surface area contributed by atoms with Gasteiger partial charge < -0.3 is 89.6 Å². The number of urea groups is 1. The zero-order valence-electron chi connectivity index (χ0n) is 49.6. The van der Waals surface area contributed by atoms with Gasteiger partial charge in [-0.3, -0.25) is 58.8 Å². The lowest BCUT2D eigenvalue weighted by atomic mass is 10.0. The van der Waals surface area contributed by atoms with Crippen LogP contribution in [0.2, 0.25) is 0 Å². The first-order valence-corrected chi connectivity index (χ1v) is 28.7. The van der Waals surface area contributed by atoms with Crippen molar-refractivity contribution in [3.8, 4) is 5.75 Å². The minimum atomic E-state index is -1.92. The number of H-pyrrole nitrogens is 1. The highest BCUT2D eigenvalue weighted by Crippen LogP contribution is 2.23. The molecule has 10 atom stereocenters. The van der Waals surface area contributed by atoms with Gasteiger partial charge in [0, 0.05) is 62.9 Å². The summed E-state index contributed by atoms with van der Waals surface area (Å²) in [6.45, 7) is 3.40. The Labute approximate surface area is 511 Å². The number of phenolic OH excluding ortho intramolecular Hbond substituents is 1. The smallest absolute Gasteiger partial charge is 0.334 e. The minimum absolute atomic E-state index is 0.000173. The lowest BCUT2D eigenvalue weighted by molar-refractivity contribution is -0.143. The lowest BCUT2D eigenvalue weighted by Gasteiger charge is -2.30. The SMILES string of the molecule is CNC(=N)NCCC[C@H](NC(=O)[C@H](CC(C)C)NC(=O)NNC(=O)[C@H](Cc1ccccc1)NC(=O)C(NC(=O)[C@H](CC(N)=O)NC(=O)[C@@H]1C[C@@H](O)CN1C(=O)[C@@H](Cc1ccc(O)cc1)NC(=O)CO)[C@@H](C)O)C(=O)N[C@@H](Cc1c[nH]c2ccccc12)C(N)=O. The van der Waals surface area contributed by atoms with Crippen molar-refractivity contribution in [2.24, 2.45) is 17.4 Å². The van der Waals surface area contributed by atoms with Gasteiger partial charge in [-0.2, -0.15) is 0 Å². The Bertz CT molecular complexity index is 3150. The predicted octanol–water partition coefficient (Wildman–Crippen LogP) is -4.23. The summed E-state index contributed by atoms with van der Waals surface area (Å²) in [6, 6.07) is 7.84. The van der Waals surface area contributed by atoms with E-state index >= 15 is 0 Å². The zero-order chi connectivity index (χ0) is 65.5. The molecule has 1 unspecified atom stereocenters. The molecule has 1 aliphatic rings. The molecule has 482 valence electrons. The van der Waals surface area contributed by atoms with E-state index in [0.717, 1.165) is 22.7 Å². The molecule has 5 rings (SSSR count). The number of aromatic hydroxyl groups is 1. The third-order valence-corrected chi connectivity index (χ3v) is 14.3. The second-order valence-corrected chi connectivity index (χ2v) is 21.8. The number of β-amino-alcohol motifs (C(OH)–C–C–N with tert-alkyl or cyclic N) is 1. The van der Waals surface area contributed by atoms with Crippen LogP contribution in [0.25, 0.3) is 10.9 Å². The molecule has 31 heteroatoms. The van der Waals surface area contributed by atoms with Crippen LogP contribution in [0.3, 0.4) is 0 Å². The number of hydrazine groups is 1. The molecule has 21 N–H and O–H groups in total. The first-order chi connectivity index (χ1) is 42.3. The fourth-order valence-electron chi connectivity index (χ4n) is 9.74. The average Bonchev–Trinajstić information content (AvgIpc) is 2.38. The molecule has 12 amide bonds. The highest BCUT2D eigenvalue weighted by atomic mass is 16.3. The van der Waals surface area contributed by atoms with Crippen molar-refractivity contribution in [3.05, 3.63) is 102 Å². The summed E-state index contributed by atoms with van der Waals surface area (Å²) < 4.78 is 0. The largest absolute Gasteiger partial charge is 0.508 e. The second-order valence-electron chi connectivity index (χ2n) is 21.8. The summed E-state index contributed by atoms with van der Waals surface area (Å²) >= 11 is 0. The summed E-state index contributed by atoms with van der Waals surface area (Å²) in [5.41, 5.74) is 18.0. The van der Waals surface area contributed by atoms with E-state index in [1.807, 2.05) is 24.3 Å². The highest BCUT2D eigenvalue weighted by molar-refractivity contribution is 5.99. The van der Waals surface area contributed by atoms with Gasteiger partial charge >= 0.3 is 6.03 Å². The van der Waals surface area contributed by atoms with E-state index in [1.165, 1.54) is 31.3 Å². The summed E-state index contributed by atoms with van der Waals surface area (Å²) in [7, 11) is 1.54. The average molecular weight is 1240 g/mol. The molecule has 0 saturated carbocycles. The number of guanidine groups is 1. The first-order valence-electron chi connectivity index (χ1n) is 28.7. The number of carbonyl (C=O) groups is 11. The van der Waals surface area contributed by atoms with Gasteiger partial charge in [-0.25, -0.2) is 10.2 Å². The van der Waals surface area contributed by atoms with Crippen molar-refractivity contribution in [2.45, 2.75) is 133 Å². The maximum Gasteiger partial charge on any atom is 0.334 e. The molecular formula is C58H80N16O15. The zero-order valence-corrected chi connectivity index (χ0v) is 49.6. The first kappa shape index (κ1) is 69.9. The second kappa shape index (κ2) is 33.9. The summed E-state index contributed by atoms with van der Waals surface area (Å²) in [6.07, 6.45) is -2.79. The molecule has 31 nitrogen and oxygen atoms in total. The quantitative estimate of drug-likeness (QED) is 0.00983. The van der Waals surface area contributed by atoms with Crippen LogP contribution in [0.1, 0.15) is 69.6 Å². The highest BCUT2D eigenvalue weighted by Gasteiger charge is 2.43. The Kier molecular flexibility index (Phi) is 26.6. The third kappa shape index (κ3) is 21.8. The molecule has 0 spiro atoms. The van der Waals surface area contributed by atoms with Gasteiger partial charge in [-0.1, -0.05) is 74.5 Å². The van der Waals surface area contributed by atoms with Crippen molar-refractivity contribution >= 4 is 82.0 Å². The van der Waals surface area contributed by atoms with E-state index in [2.05, 4.69) is 63.7 Å². The number of aliphatic hydroxyl groups excluding tert-OH is 3. The van der Waals surface area contributed by atoms with Gasteiger partial charge in [-0.15, -0.1) is 0 Å². The Morgan fingerprint density at radius 2 is 1.30 bits per heavy atom. The molecule has 89 heavy (non-hydrogen) atoms. The molecule has 0 aliphatic carbocycles. The standard InChI is InChI=1S/C58H80N16O15/c1-30(2)21-41(51(83)66-39(15-10-20-63-57(61)62-4)50(82)67-40(49(60)81)24-34-27-64-38-14-9-8-13-37(34)38)70-58(89)73-72-53(85)42(22-32-11-6-5-7-12-32)69-55(87)48(31(3)76)71-52(84)43(26-46(59)79)68-54(86)45-25-36(78)28-74(45)56(88)44(65-47(80)29-75)23-33-16-18-35(77)19-17-33/h5-9,11-14,16-19,27,30-31,36,39-45,48,64,75-78H,10,15,20-26,28-29H2,1-4H3,(H2,59,79)(H2,60,81)(H,65,80)(H,66,83)(H,67,82)(H,68,86)(H,69,87)(H,71,84)(H,72,85)(H3,61,62,63)(H2,70,73,89)/t31-,36-,39+,40+,41+,42+,43+,44-,45+,48?/m1/s1. The van der Waals surface area contributed by atoms with Gasteiger partial charge in [0.15, 0.2) is 5.96 Å². The molecule has 1 fully saturated rings. The number of nitrogens with two attached hydrogens (primary N) is 2. The van der Waals surface area contributed by atoms with E-state index in [1.54, 1.807) is 50.4 Å². The predicted molar refractivity (Wildman–Crippen MR) is 321 cm³/mol. The van der Waals surface area contributed by atoms with E-state index in [9.17, 15) is 73.2 Å². The molecule has 2 heterocycles. The van der Waals surface area contributed by atoms with Crippen LogP contribution in [0.5, 0.6) is 5.75 Å². The fraction of sp³-hybridized carbons (Fsp3) is 0.448. The molecule has 4 aromatic rings. The number of phenols is 1. The van der Waals surface area contributed by atoms with Crippen molar-refractivity contribution in [1.82, 2.24) is 68.6 Å². The Morgan fingerprint density at radius 1 is 0.685 bits per heavy atom. The summed E-state index contributed by atoms with van der Waals surface area (Å²) in [5.74, 6) is -10.3. The van der Waals surface area contributed by atoms with Crippen LogP contribution in [-0.4, -0.2) is 189 Å². The minimum Gasteiger partial charge on any atom is -0.508 e. The maximum absolute atomic E-state index is 14.1. The van der Waals surface area contributed by atoms with Gasteiger partial charge in [0.05, 0.1) is 18.6 Å². The van der Waals surface area contributed by atoms with Gasteiger partial charge in [-0.05, 0) is 67.0 Å². The Morgan fingerprint density at radius 3 is 1.94 bits per heavy atom. The van der Waals surface area contributed by atoms with Crippen molar-refractivity contribution in [1.29, 1.82) is 5.41 Å². The van der Waals surface area contributed by atoms with E-state index in [0.29, 0.717) is 16.7 Å². The number of hydrogen-bond donors (Lipinski definition) is 19. The Hall–Kier alpha value is -9.88. The number of likely N-dealkylation sites (tertiary alicyclic amines) is 1. The van der Waals surface area contributed by atoms with Gasteiger partial charge in [0.25, 0.3) is 5.91 Å². The number of primary amides is 2. The van der Waals surface area contributed by atoms with Crippen LogP contribution in [0.15, 0.2) is 85.1 Å². The topological polar surface area (TPSA) is 496 Å². The monoisotopic (exact) mass is 1240 g/mol. The number of aromatic nitrogens is 1. The van der Waals surface area contributed by atoms with Crippen LogP contribution in [-0.2, 0) is 67.2 Å². The number of amides is 12. The van der Waals surface area contributed by atoms with Crippen LogP contribution < -0.4 is 70.2 Å². The van der Waals surface area contributed by atoms with Crippen molar-refractivity contribution in [3.63, 3.8) is 0 Å². The van der Waals surface area contributed by atoms with Crippen molar-refractivity contribution in [2.75, 3.05) is 26.7 Å². The van der Waals surface area contributed by atoms with E-state index < -0.39 is 145 Å². The maximum atomic E-state index is 14.1. The number of para-hydroxylation sites is 1. The lowest BCUT2D eigenvalue weighted by Crippen LogP contribution is -2.62. The fourth-order valence-corrected chi connectivity index (χ4v) is 9.74. The molecule has 0 radical (unpaired) electrons. The molecule has 0 bridgehead atoms. The number of hydrogen-bond acceptors (Lipinski definition) is 16. The number of nitrogens with zero attached hydrogens (tertiary/aromatic N) is 1. The molecule has 1 aliphatic heterocycles. The van der Waals surface area contributed by atoms with E-state index in [4.69, 9.17) is 16.9 Å². The molecule has 1 aromatic heterocycles. The number of carbonyl (C=O) groups excluding carboxylic acids is 11. The number of nitrogens with one attached hydrogen (secondary N) is 13. The van der Waals surface area contributed by atoms with Crippen molar-refractivity contribution < 1.29 is 73.2 Å². The van der Waals surface area contributed by atoms with Crippen LogP contribution in [0, 0.1) is 11.3 Å². The van der Waals surface area contributed by atoms with Gasteiger partial charge in [0.2, 0.25) is 53.2 Å². The number of rotatable bonds is 31. The molecule has 3 aromatic carbocycles. The normalized spacial score (nSPS) is 16.3. The molecule has 1 saturated heterocycles. The van der Waals surface area contributed by atoms with Crippen LogP contribution in [0.4, 0.5) is 4.79 Å². The summed E-state index contributed by atoms with van der Waals surface area (Å²) in [5, 5.41) is 72.1. The Balaban J connectivity index is 1.28. The molecular weight excluding hydrogens is 1160 g/mol. The van der Waals surface area contributed by atoms with E-state index in [-0.39, 0.29) is 69.1 Å². The number of benzene rings is 3. The number of aromatic amines is 1. The number of fused-ring (bicyclic) bond motifs is 1. The third-order valence-electron chi connectivity index (χ3n) is 14.3. The summed E-state index contributed by atoms with van der Waals surface area (Å²) in [4.78, 5) is 153.